The summed E-state index contributed by atoms with van der Waals surface area (Å²) in [5.41, 5.74) is 5.98. The zero-order valence-corrected chi connectivity index (χ0v) is 11.4. The molecule has 0 saturated carbocycles. The molecule has 0 radical (unpaired) electrons. The normalized spacial score (nSPS) is 11.8. The van der Waals surface area contributed by atoms with Gasteiger partial charge in [-0.3, -0.25) is 4.79 Å². The number of amides is 1. The average Bonchev–Trinajstić information content (AvgIpc) is 2.14. The van der Waals surface area contributed by atoms with Crippen molar-refractivity contribution in [2.24, 2.45) is 5.73 Å². The number of hydrogen-bond acceptors (Lipinski definition) is 3. The first kappa shape index (κ1) is 17.2. The largest absolute Gasteiger partial charge is 0.327 e. The highest BCUT2D eigenvalue weighted by Crippen LogP contribution is 2.27. The zero-order valence-electron chi connectivity index (χ0n) is 9.73. The molecule has 0 aromatic heterocycles. The lowest BCUT2D eigenvalue weighted by molar-refractivity contribution is -0.116. The monoisotopic (exact) mass is 296 g/mol. The molecule has 1 aromatic rings. The molecular formula is C11H15ClF2N2OS. The second-order valence-electron chi connectivity index (χ2n) is 3.64. The van der Waals surface area contributed by atoms with E-state index in [2.05, 4.69) is 5.32 Å². The Bertz CT molecular complexity index is 391. The van der Waals surface area contributed by atoms with E-state index in [1.54, 1.807) is 25.1 Å². The van der Waals surface area contributed by atoms with E-state index in [9.17, 15) is 13.6 Å². The molecule has 1 rings (SSSR count). The van der Waals surface area contributed by atoms with Crippen LogP contribution in [0.25, 0.3) is 0 Å². The first-order valence-electron chi connectivity index (χ1n) is 5.07. The average molecular weight is 297 g/mol. The van der Waals surface area contributed by atoms with Crippen molar-refractivity contribution in [2.45, 2.75) is 30.0 Å². The van der Waals surface area contributed by atoms with E-state index >= 15 is 0 Å². The van der Waals surface area contributed by atoms with E-state index in [-0.39, 0.29) is 30.8 Å². The van der Waals surface area contributed by atoms with Crippen LogP contribution in [0.5, 0.6) is 0 Å². The number of thioether (sulfide) groups is 1. The smallest absolute Gasteiger partial charge is 0.288 e. The Hall–Kier alpha value is -0.850. The highest BCUT2D eigenvalue weighted by molar-refractivity contribution is 7.99. The molecule has 1 unspecified atom stereocenters. The van der Waals surface area contributed by atoms with Crippen LogP contribution in [-0.4, -0.2) is 17.7 Å². The van der Waals surface area contributed by atoms with Gasteiger partial charge < -0.3 is 11.1 Å². The molecule has 0 aliphatic heterocycles. The van der Waals surface area contributed by atoms with Gasteiger partial charge >= 0.3 is 0 Å². The molecule has 0 heterocycles. The molecule has 0 saturated heterocycles. The number of alkyl halides is 2. The van der Waals surface area contributed by atoms with Gasteiger partial charge in [-0.15, -0.1) is 12.4 Å². The van der Waals surface area contributed by atoms with Gasteiger partial charge in [0.05, 0.1) is 0 Å². The minimum Gasteiger partial charge on any atom is -0.327 e. The quantitative estimate of drug-likeness (QED) is 0.821. The number of benzene rings is 1. The van der Waals surface area contributed by atoms with Crippen LogP contribution >= 0.6 is 24.2 Å². The van der Waals surface area contributed by atoms with Gasteiger partial charge in [0.1, 0.15) is 0 Å². The minimum atomic E-state index is -2.47. The molecule has 18 heavy (non-hydrogen) atoms. The van der Waals surface area contributed by atoms with Crippen molar-refractivity contribution in [3.05, 3.63) is 24.3 Å². The maximum atomic E-state index is 12.1. The molecule has 3 N–H and O–H groups in total. The van der Waals surface area contributed by atoms with Gasteiger partial charge in [0.25, 0.3) is 5.76 Å². The fourth-order valence-electron chi connectivity index (χ4n) is 1.25. The third-order valence-electron chi connectivity index (χ3n) is 1.85. The number of nitrogens with two attached hydrogens (primary N) is 1. The first-order chi connectivity index (χ1) is 7.97. The number of carbonyl (C=O) groups excluding carboxylic acids is 1. The maximum absolute atomic E-state index is 12.1. The second kappa shape index (κ2) is 8.29. The van der Waals surface area contributed by atoms with Crippen molar-refractivity contribution in [3.8, 4) is 0 Å². The SMILES string of the molecule is CC(N)CC(=O)Nc1cccc(SC(F)F)c1.Cl. The van der Waals surface area contributed by atoms with Gasteiger partial charge in [-0.2, -0.15) is 8.78 Å². The van der Waals surface area contributed by atoms with Crippen molar-refractivity contribution in [3.63, 3.8) is 0 Å². The Morgan fingerprint density at radius 1 is 1.50 bits per heavy atom. The first-order valence-corrected chi connectivity index (χ1v) is 5.95. The Morgan fingerprint density at radius 2 is 2.17 bits per heavy atom. The standard InChI is InChI=1S/C11H14F2N2OS.ClH/c1-7(14)5-10(16)15-8-3-2-4-9(6-8)17-11(12)13;/h2-4,6-7,11H,5,14H2,1H3,(H,15,16);1H. The number of carbonyl (C=O) groups is 1. The number of halogens is 3. The summed E-state index contributed by atoms with van der Waals surface area (Å²) in [6, 6.07) is 6.11. The van der Waals surface area contributed by atoms with Gasteiger partial charge in [0.2, 0.25) is 5.91 Å². The van der Waals surface area contributed by atoms with Crippen LogP contribution in [0.3, 0.4) is 0 Å². The Labute approximate surface area is 115 Å². The highest BCUT2D eigenvalue weighted by Gasteiger charge is 2.08. The lowest BCUT2D eigenvalue weighted by atomic mass is 10.2. The van der Waals surface area contributed by atoms with Gasteiger partial charge in [-0.1, -0.05) is 17.8 Å². The topological polar surface area (TPSA) is 55.1 Å². The molecule has 0 fully saturated rings. The third-order valence-corrected chi connectivity index (χ3v) is 2.55. The fraction of sp³-hybridized carbons (Fsp3) is 0.364. The molecule has 1 aromatic carbocycles. The predicted molar refractivity (Wildman–Crippen MR) is 72.4 cm³/mol. The van der Waals surface area contributed by atoms with Gasteiger partial charge in [0, 0.05) is 23.0 Å². The maximum Gasteiger partial charge on any atom is 0.288 e. The summed E-state index contributed by atoms with van der Waals surface area (Å²) in [7, 11) is 0. The number of anilines is 1. The summed E-state index contributed by atoms with van der Waals surface area (Å²) < 4.78 is 24.3. The third kappa shape index (κ3) is 6.78. The van der Waals surface area contributed by atoms with E-state index < -0.39 is 5.76 Å². The van der Waals surface area contributed by atoms with Gasteiger partial charge in [-0.25, -0.2) is 0 Å². The van der Waals surface area contributed by atoms with Crippen LogP contribution in [0, 0.1) is 0 Å². The summed E-state index contributed by atoms with van der Waals surface area (Å²) >= 11 is 0.444. The van der Waals surface area contributed by atoms with Crippen LogP contribution in [0.1, 0.15) is 13.3 Å². The summed E-state index contributed by atoms with van der Waals surface area (Å²) in [6.45, 7) is 1.72. The Kier molecular flexibility index (Phi) is 7.90. The minimum absolute atomic E-state index is 0. The molecule has 7 heteroatoms. The molecular weight excluding hydrogens is 282 g/mol. The van der Waals surface area contributed by atoms with Gasteiger partial charge in [-0.05, 0) is 25.1 Å². The van der Waals surface area contributed by atoms with Crippen molar-refractivity contribution < 1.29 is 13.6 Å². The number of rotatable bonds is 5. The number of hydrogen-bond donors (Lipinski definition) is 2. The summed E-state index contributed by atoms with van der Waals surface area (Å²) in [5, 5.41) is 2.61. The molecule has 0 bridgehead atoms. The van der Waals surface area contributed by atoms with Crippen molar-refractivity contribution in [1.29, 1.82) is 0 Å². The van der Waals surface area contributed by atoms with E-state index in [0.29, 0.717) is 22.3 Å². The lowest BCUT2D eigenvalue weighted by Crippen LogP contribution is -2.23. The number of nitrogens with one attached hydrogen (secondary N) is 1. The molecule has 3 nitrogen and oxygen atoms in total. The summed E-state index contributed by atoms with van der Waals surface area (Å²) in [5.74, 6) is -2.69. The van der Waals surface area contributed by atoms with Gasteiger partial charge in [0.15, 0.2) is 0 Å². The molecule has 0 spiro atoms. The Morgan fingerprint density at radius 3 is 2.72 bits per heavy atom. The highest BCUT2D eigenvalue weighted by atomic mass is 35.5. The van der Waals surface area contributed by atoms with Crippen LogP contribution in [-0.2, 0) is 4.79 Å². The van der Waals surface area contributed by atoms with Crippen LogP contribution in [0.15, 0.2) is 29.2 Å². The molecule has 0 aliphatic carbocycles. The van der Waals surface area contributed by atoms with Crippen molar-refractivity contribution in [2.75, 3.05) is 5.32 Å². The molecule has 102 valence electrons. The van der Waals surface area contributed by atoms with E-state index in [1.807, 2.05) is 0 Å². The van der Waals surface area contributed by atoms with Crippen LogP contribution < -0.4 is 11.1 Å². The van der Waals surface area contributed by atoms with Crippen LogP contribution in [0.4, 0.5) is 14.5 Å². The second-order valence-corrected chi connectivity index (χ2v) is 4.70. The van der Waals surface area contributed by atoms with E-state index in [4.69, 9.17) is 5.73 Å². The molecule has 1 amide bonds. The van der Waals surface area contributed by atoms with E-state index in [1.165, 1.54) is 6.07 Å². The summed E-state index contributed by atoms with van der Waals surface area (Å²) in [6.07, 6.45) is 0.201. The summed E-state index contributed by atoms with van der Waals surface area (Å²) in [4.78, 5) is 11.8. The molecule has 1 atom stereocenters. The zero-order chi connectivity index (χ0) is 12.8. The fourth-order valence-corrected chi connectivity index (χ4v) is 1.81. The van der Waals surface area contributed by atoms with Crippen LogP contribution in [0.2, 0.25) is 0 Å². The Balaban J connectivity index is 0.00000289. The predicted octanol–water partition coefficient (Wildman–Crippen LogP) is 3.10. The van der Waals surface area contributed by atoms with Crippen molar-refractivity contribution >= 4 is 35.8 Å². The lowest BCUT2D eigenvalue weighted by Gasteiger charge is -2.08. The molecule has 0 aliphatic rings. The van der Waals surface area contributed by atoms with E-state index in [0.717, 1.165) is 0 Å². The van der Waals surface area contributed by atoms with Crippen molar-refractivity contribution in [1.82, 2.24) is 0 Å².